The van der Waals surface area contributed by atoms with Gasteiger partial charge in [-0.25, -0.2) is 0 Å². The number of dihydropyridines is 1. The van der Waals surface area contributed by atoms with Gasteiger partial charge in [0.15, 0.2) is 0 Å². The van der Waals surface area contributed by atoms with Crippen LogP contribution in [0.3, 0.4) is 0 Å². The zero-order valence-electron chi connectivity index (χ0n) is 31.5. The van der Waals surface area contributed by atoms with Crippen molar-refractivity contribution < 1.29 is 0 Å². The molecule has 6 heteroatoms. The van der Waals surface area contributed by atoms with Crippen LogP contribution in [-0.2, 0) is 19.3 Å². The molecule has 4 heterocycles. The minimum atomic E-state index is 0.464. The number of allylic oxidation sites excluding steroid dienone is 2. The second-order valence-corrected chi connectivity index (χ2v) is 11.1. The molecule has 2 unspecified atom stereocenters. The molecule has 1 aromatic heterocycles. The summed E-state index contributed by atoms with van der Waals surface area (Å²) in [5.41, 5.74) is 23.4. The van der Waals surface area contributed by atoms with Crippen molar-refractivity contribution in [2.45, 2.75) is 100.0 Å². The predicted octanol–water partition coefficient (Wildman–Crippen LogP) is 10.8. The Bertz CT molecular complexity index is 1760. The highest BCUT2D eigenvalue weighted by Crippen LogP contribution is 2.47. The van der Waals surface area contributed by atoms with E-state index in [9.17, 15) is 0 Å². The van der Waals surface area contributed by atoms with Gasteiger partial charge in [0.05, 0.1) is 22.9 Å². The van der Waals surface area contributed by atoms with Gasteiger partial charge in [0.25, 0.3) is 0 Å². The average molecular weight is 661 g/mol. The predicted molar refractivity (Wildman–Crippen MR) is 217 cm³/mol. The number of nitrogens with two attached hydrogens (primary N) is 2. The Balaban J connectivity index is 0.000000600. The van der Waals surface area contributed by atoms with Crippen molar-refractivity contribution in [1.29, 1.82) is 0 Å². The summed E-state index contributed by atoms with van der Waals surface area (Å²) in [7, 11) is 1.50. The Labute approximate surface area is 296 Å². The van der Waals surface area contributed by atoms with E-state index in [1.807, 2.05) is 67.8 Å². The van der Waals surface area contributed by atoms with Crippen molar-refractivity contribution in [2.75, 3.05) is 17.7 Å². The number of benzene rings is 3. The number of fused-ring (bicyclic) bond motifs is 6. The first-order chi connectivity index (χ1) is 24.3. The summed E-state index contributed by atoms with van der Waals surface area (Å²) < 4.78 is 2.41. The van der Waals surface area contributed by atoms with Crippen LogP contribution < -0.4 is 16.4 Å². The fourth-order valence-electron chi connectivity index (χ4n) is 7.04. The molecular weight excluding hydrogens is 601 g/mol. The largest absolute Gasteiger partial charge is 0.399 e. The van der Waals surface area contributed by atoms with E-state index in [1.54, 1.807) is 5.57 Å². The third-order valence-corrected chi connectivity index (χ3v) is 8.97. The Kier molecular flexibility index (Phi) is 15.6. The van der Waals surface area contributed by atoms with Gasteiger partial charge < -0.3 is 20.9 Å². The van der Waals surface area contributed by atoms with E-state index in [2.05, 4.69) is 99.2 Å². The second-order valence-electron chi connectivity index (χ2n) is 11.1. The molecule has 2 atom stereocenters. The minimum Gasteiger partial charge on any atom is -0.399 e. The number of nitrogen functional groups attached to an aromatic ring is 1. The zero-order valence-corrected chi connectivity index (χ0v) is 31.5. The minimum absolute atomic E-state index is 0.464. The Morgan fingerprint density at radius 3 is 2.18 bits per heavy atom. The highest BCUT2D eigenvalue weighted by atomic mass is 15.2. The van der Waals surface area contributed by atoms with E-state index in [4.69, 9.17) is 10.7 Å². The van der Waals surface area contributed by atoms with E-state index < -0.39 is 0 Å². The third-order valence-electron chi connectivity index (χ3n) is 8.97. The first-order valence-corrected chi connectivity index (χ1v) is 18.7. The lowest BCUT2D eigenvalue weighted by Gasteiger charge is -2.41. The van der Waals surface area contributed by atoms with E-state index in [-0.39, 0.29) is 0 Å². The second kappa shape index (κ2) is 19.5. The Morgan fingerprint density at radius 2 is 1.45 bits per heavy atom. The highest BCUT2D eigenvalue weighted by Gasteiger charge is 2.39. The summed E-state index contributed by atoms with van der Waals surface area (Å²) in [5.74, 6) is 0.573. The van der Waals surface area contributed by atoms with Gasteiger partial charge in [-0.05, 0) is 79.8 Å². The van der Waals surface area contributed by atoms with Crippen molar-refractivity contribution in [3.63, 3.8) is 0 Å². The topological polar surface area (TPSA) is 84.9 Å². The van der Waals surface area contributed by atoms with Gasteiger partial charge in [0, 0.05) is 65.5 Å². The van der Waals surface area contributed by atoms with Crippen LogP contribution in [0, 0.1) is 5.92 Å². The van der Waals surface area contributed by atoms with Gasteiger partial charge in [-0.2, -0.15) is 0 Å². The molecule has 6 nitrogen and oxygen atoms in total. The SMILES string of the molecule is CC.CC.CC.CC.CN.Nc1cc(N2C3=C(CCc4ccccc42)C2CCC2N=C3)cc(-n2c3c(c4ccccc42)CC=N/C=C\C3)c1. The first kappa shape index (κ1) is 39.0. The number of aliphatic imine (C=N–C) groups is 2. The molecule has 1 saturated carbocycles. The normalized spacial score (nSPS) is 18.3. The summed E-state index contributed by atoms with van der Waals surface area (Å²) in [5, 5.41) is 1.28. The van der Waals surface area contributed by atoms with Gasteiger partial charge in [-0.3, -0.25) is 9.98 Å². The number of anilines is 3. The number of hydrogen-bond acceptors (Lipinski definition) is 5. The summed E-state index contributed by atoms with van der Waals surface area (Å²) in [4.78, 5) is 11.9. The molecule has 1 fully saturated rings. The number of rotatable bonds is 2. The maximum absolute atomic E-state index is 6.71. The Morgan fingerprint density at radius 1 is 0.755 bits per heavy atom. The molecule has 3 aliphatic heterocycles. The van der Waals surface area contributed by atoms with Crippen molar-refractivity contribution in [3.8, 4) is 5.69 Å². The molecule has 0 bridgehead atoms. The number of aromatic nitrogens is 1. The van der Waals surface area contributed by atoms with E-state index in [1.165, 1.54) is 59.0 Å². The lowest BCUT2D eigenvalue weighted by Crippen LogP contribution is -2.37. The number of para-hydroxylation sites is 2. The summed E-state index contributed by atoms with van der Waals surface area (Å²) in [6, 6.07) is 24.5. The third kappa shape index (κ3) is 7.91. The lowest BCUT2D eigenvalue weighted by atomic mass is 9.71. The maximum atomic E-state index is 6.71. The first-order valence-electron chi connectivity index (χ1n) is 18.7. The van der Waals surface area contributed by atoms with Gasteiger partial charge in [0.1, 0.15) is 0 Å². The molecule has 49 heavy (non-hydrogen) atoms. The van der Waals surface area contributed by atoms with Crippen LogP contribution in [0.5, 0.6) is 0 Å². The van der Waals surface area contributed by atoms with E-state index >= 15 is 0 Å². The standard InChI is InChI=1S/C34H31N5.4C2H6.CH5N/c35-23-18-24(38-31-8-3-1-6-22(31)11-12-28-26-13-14-30(26)37-21-34(28)38)20-25(19-23)39-32-9-4-2-7-27(32)29-15-17-36-16-5-10-33(29)39;5*1-2/h1-9,16-21,26,30H,10-15,35H2;4*1-2H3;2H2,1H3/b16-5-,36-17?;;;;;. The van der Waals surface area contributed by atoms with Crippen molar-refractivity contribution in [2.24, 2.45) is 21.6 Å². The van der Waals surface area contributed by atoms with Crippen LogP contribution in [0.2, 0.25) is 0 Å². The van der Waals surface area contributed by atoms with Crippen LogP contribution in [0.4, 0.5) is 17.1 Å². The molecule has 3 aromatic carbocycles. The monoisotopic (exact) mass is 660 g/mol. The average Bonchev–Trinajstić information content (AvgIpc) is 3.34. The van der Waals surface area contributed by atoms with Crippen molar-refractivity contribution in [1.82, 2.24) is 4.57 Å². The lowest BCUT2D eigenvalue weighted by molar-refractivity contribution is 0.292. The molecule has 0 saturated heterocycles. The highest BCUT2D eigenvalue weighted by molar-refractivity contribution is 5.94. The number of nitrogens with zero attached hydrogens (tertiary/aromatic N) is 4. The molecule has 0 amide bonds. The van der Waals surface area contributed by atoms with Gasteiger partial charge in [0.2, 0.25) is 0 Å². The van der Waals surface area contributed by atoms with Crippen LogP contribution in [-0.4, -0.2) is 30.1 Å². The molecule has 4 aliphatic rings. The summed E-state index contributed by atoms with van der Waals surface area (Å²) in [6.45, 7) is 16.0. The molecule has 262 valence electrons. The molecule has 4 aromatic rings. The zero-order chi connectivity index (χ0) is 35.9. The van der Waals surface area contributed by atoms with Gasteiger partial charge in [-0.15, -0.1) is 0 Å². The Hall–Kier alpha value is -4.42. The maximum Gasteiger partial charge on any atom is 0.0635 e. The van der Waals surface area contributed by atoms with Crippen molar-refractivity contribution >= 4 is 40.4 Å². The van der Waals surface area contributed by atoms with Crippen molar-refractivity contribution in [3.05, 3.63) is 107 Å². The quantitative estimate of drug-likeness (QED) is 0.210. The van der Waals surface area contributed by atoms with Crippen LogP contribution in [0.15, 0.2) is 100 Å². The smallest absolute Gasteiger partial charge is 0.0635 e. The number of hydrogen-bond donors (Lipinski definition) is 2. The fraction of sp³-hybridized carbons (Fsp3) is 0.395. The van der Waals surface area contributed by atoms with E-state index in [0.717, 1.165) is 42.7 Å². The molecule has 0 radical (unpaired) electrons. The van der Waals surface area contributed by atoms with Crippen LogP contribution >= 0.6 is 0 Å². The fourth-order valence-corrected chi connectivity index (χ4v) is 7.04. The summed E-state index contributed by atoms with van der Waals surface area (Å²) in [6.07, 6.45) is 14.4. The van der Waals surface area contributed by atoms with Gasteiger partial charge in [-0.1, -0.05) is 97.9 Å². The molecule has 8 rings (SSSR count). The molecule has 4 N–H and O–H groups in total. The molecular formula is C43H60N6. The van der Waals surface area contributed by atoms with E-state index in [0.29, 0.717) is 12.0 Å². The number of aryl methyl sites for hydroxylation is 1. The molecule has 0 spiro atoms. The van der Waals surface area contributed by atoms with Gasteiger partial charge >= 0.3 is 0 Å². The van der Waals surface area contributed by atoms with Crippen LogP contribution in [0.1, 0.15) is 91.5 Å². The molecule has 1 aliphatic carbocycles. The van der Waals surface area contributed by atoms with Crippen LogP contribution in [0.25, 0.3) is 16.6 Å². The summed E-state index contributed by atoms with van der Waals surface area (Å²) >= 11 is 0.